The van der Waals surface area contributed by atoms with Crippen molar-refractivity contribution in [1.82, 2.24) is 15.5 Å². The molecule has 11 nitrogen and oxygen atoms in total. The summed E-state index contributed by atoms with van der Waals surface area (Å²) in [6.07, 6.45) is 6.41. The van der Waals surface area contributed by atoms with E-state index in [9.17, 15) is 19.8 Å². The molecule has 2 heterocycles. The van der Waals surface area contributed by atoms with Gasteiger partial charge in [-0.3, -0.25) is 9.69 Å². The van der Waals surface area contributed by atoms with Crippen LogP contribution in [0.4, 0.5) is 4.79 Å². The number of ether oxygens (including phenoxy) is 3. The second-order valence-electron chi connectivity index (χ2n) is 14.2. The lowest BCUT2D eigenvalue weighted by Gasteiger charge is -2.35. The predicted molar refractivity (Wildman–Crippen MR) is 191 cm³/mol. The first kappa shape index (κ1) is 36.9. The number of nitrogens with zero attached hydrogens (tertiary/aromatic N) is 1. The average Bonchev–Trinajstić information content (AvgIpc) is 3.79. The number of aliphatic hydroxyl groups is 2. The molecule has 2 fully saturated rings. The van der Waals surface area contributed by atoms with Gasteiger partial charge in [0.1, 0.15) is 18.1 Å². The number of nitrogens with one attached hydrogen (secondary N) is 2. The minimum absolute atomic E-state index is 0.0111. The third-order valence-corrected chi connectivity index (χ3v) is 10.7. The van der Waals surface area contributed by atoms with Crippen molar-refractivity contribution >= 4 is 12.0 Å². The number of carbonyl (C=O) groups excluding carboxylic acids is 2. The van der Waals surface area contributed by atoms with Crippen LogP contribution in [0.3, 0.4) is 0 Å². The highest BCUT2D eigenvalue weighted by Crippen LogP contribution is 2.36. The Morgan fingerprint density at radius 2 is 1.76 bits per heavy atom. The van der Waals surface area contributed by atoms with Crippen molar-refractivity contribution in [3.05, 3.63) is 89.4 Å². The van der Waals surface area contributed by atoms with Gasteiger partial charge >= 0.3 is 6.09 Å². The Hall–Kier alpha value is -3.90. The second kappa shape index (κ2) is 18.5. The van der Waals surface area contributed by atoms with Gasteiger partial charge in [-0.2, -0.15) is 0 Å². The summed E-state index contributed by atoms with van der Waals surface area (Å²) in [7, 11) is 0. The van der Waals surface area contributed by atoms with E-state index in [4.69, 9.17) is 18.6 Å². The van der Waals surface area contributed by atoms with Crippen LogP contribution in [-0.2, 0) is 27.3 Å². The average molecular weight is 704 g/mol. The van der Waals surface area contributed by atoms with Gasteiger partial charge in [0.15, 0.2) is 6.61 Å². The Bertz CT molecular complexity index is 1500. The molecule has 11 heteroatoms. The van der Waals surface area contributed by atoms with Gasteiger partial charge in [0.25, 0.3) is 0 Å². The Kier molecular flexibility index (Phi) is 13.4. The number of carbonyl (C=O) groups is 2. The summed E-state index contributed by atoms with van der Waals surface area (Å²) in [5.74, 6) is 0.913. The smallest absolute Gasteiger partial charge is 0.407 e. The van der Waals surface area contributed by atoms with Crippen LogP contribution in [0.25, 0.3) is 0 Å². The predicted octanol–water partition coefficient (Wildman–Crippen LogP) is 5.46. The fourth-order valence-electron chi connectivity index (χ4n) is 7.84. The molecule has 1 saturated carbocycles. The first-order valence-electron chi connectivity index (χ1n) is 18.6. The maximum absolute atomic E-state index is 13.5. The largest absolute Gasteiger partial charge is 0.492 e. The maximum Gasteiger partial charge on any atom is 0.407 e. The number of rotatable bonds is 16. The molecule has 2 aromatic carbocycles. The minimum atomic E-state index is -0.975. The highest BCUT2D eigenvalue weighted by Gasteiger charge is 2.35. The summed E-state index contributed by atoms with van der Waals surface area (Å²) < 4.78 is 22.3. The molecule has 4 N–H and O–H groups in total. The van der Waals surface area contributed by atoms with Gasteiger partial charge < -0.3 is 39.5 Å². The zero-order chi connectivity index (χ0) is 35.4. The van der Waals surface area contributed by atoms with Crippen molar-refractivity contribution in [2.75, 3.05) is 39.5 Å². The lowest BCUT2D eigenvalue weighted by Crippen LogP contribution is -2.44. The summed E-state index contributed by atoms with van der Waals surface area (Å²) in [5, 5.41) is 28.9. The summed E-state index contributed by atoms with van der Waals surface area (Å²) in [5.41, 5.74) is 2.64. The standard InChI is InChI=1S/C40H53N3O8/c44-36-26-30-9-4-5-11-33(30)38(36)42-37(45)17-16-34(39(46)29-12-14-31(15-13-29)50-24-20-43-18-22-48-23-19-43)35(25-28-7-2-1-3-8-28)41-40(47)51-27-32-10-6-21-49-32/h4-6,9-15,21,28,34-36,38-39,44,46H,1-3,7-8,16-20,22-27H2,(H,41,47)(H,42,45)/t34-,35-,36+,38-,39?/m0/s1. The van der Waals surface area contributed by atoms with Crippen molar-refractivity contribution in [1.29, 1.82) is 0 Å². The first-order chi connectivity index (χ1) is 24.9. The SMILES string of the molecule is O=C(CC[C@H](C(O)c1ccc(OCCN2CCOCC2)cc1)[C@H](CC1CCCCC1)NC(=O)OCc1ccco1)N[C@H]1c2ccccc2C[C@H]1O. The minimum Gasteiger partial charge on any atom is -0.492 e. The van der Waals surface area contributed by atoms with Crippen molar-refractivity contribution in [2.45, 2.75) is 88.7 Å². The molecule has 1 saturated heterocycles. The Morgan fingerprint density at radius 3 is 2.53 bits per heavy atom. The molecule has 2 amide bonds. The zero-order valence-electron chi connectivity index (χ0n) is 29.4. The number of aliphatic hydroxyl groups excluding tert-OH is 2. The maximum atomic E-state index is 13.5. The summed E-state index contributed by atoms with van der Waals surface area (Å²) in [6.45, 7) is 4.63. The molecular formula is C40H53N3O8. The normalized spacial score (nSPS) is 21.3. The number of alkyl carbamates (subject to hydrolysis) is 1. The molecule has 6 rings (SSSR count). The van der Waals surface area contributed by atoms with Gasteiger partial charge in [-0.1, -0.05) is 68.5 Å². The number of amides is 2. The highest BCUT2D eigenvalue weighted by atomic mass is 16.6. The van der Waals surface area contributed by atoms with E-state index in [2.05, 4.69) is 15.5 Å². The number of furan rings is 1. The van der Waals surface area contributed by atoms with Crippen LogP contribution in [-0.4, -0.2) is 78.7 Å². The van der Waals surface area contributed by atoms with Gasteiger partial charge in [-0.25, -0.2) is 4.79 Å². The van der Waals surface area contributed by atoms with E-state index in [1.54, 1.807) is 12.1 Å². The molecule has 1 aliphatic heterocycles. The van der Waals surface area contributed by atoms with Crippen molar-refractivity contribution in [3.8, 4) is 5.75 Å². The molecule has 51 heavy (non-hydrogen) atoms. The molecular weight excluding hydrogens is 650 g/mol. The molecule has 3 aromatic rings. The van der Waals surface area contributed by atoms with Crippen LogP contribution in [0, 0.1) is 11.8 Å². The van der Waals surface area contributed by atoms with E-state index >= 15 is 0 Å². The molecule has 276 valence electrons. The van der Waals surface area contributed by atoms with Crippen LogP contribution in [0.1, 0.15) is 86.0 Å². The number of fused-ring (bicyclic) bond motifs is 1. The van der Waals surface area contributed by atoms with Crippen LogP contribution >= 0.6 is 0 Å². The van der Waals surface area contributed by atoms with E-state index in [0.29, 0.717) is 48.9 Å². The number of morpholine rings is 1. The van der Waals surface area contributed by atoms with Crippen molar-refractivity contribution in [2.24, 2.45) is 11.8 Å². The molecule has 3 aliphatic rings. The fraction of sp³-hybridized carbons (Fsp3) is 0.550. The van der Waals surface area contributed by atoms with Crippen LogP contribution < -0.4 is 15.4 Å². The first-order valence-corrected chi connectivity index (χ1v) is 18.6. The molecule has 0 bridgehead atoms. The quantitative estimate of drug-likeness (QED) is 0.153. The van der Waals surface area contributed by atoms with E-state index in [0.717, 1.165) is 69.7 Å². The zero-order valence-corrected chi connectivity index (χ0v) is 29.4. The third-order valence-electron chi connectivity index (χ3n) is 10.7. The molecule has 0 spiro atoms. The van der Waals surface area contributed by atoms with Gasteiger partial charge in [0, 0.05) is 44.4 Å². The van der Waals surface area contributed by atoms with Crippen molar-refractivity contribution in [3.63, 3.8) is 0 Å². The van der Waals surface area contributed by atoms with Crippen LogP contribution in [0.2, 0.25) is 0 Å². The summed E-state index contributed by atoms with van der Waals surface area (Å²) in [4.78, 5) is 29.0. The molecule has 5 atom stereocenters. The molecule has 0 radical (unpaired) electrons. The Morgan fingerprint density at radius 1 is 0.980 bits per heavy atom. The monoisotopic (exact) mass is 703 g/mol. The lowest BCUT2D eigenvalue weighted by molar-refractivity contribution is -0.123. The molecule has 2 aliphatic carbocycles. The van der Waals surface area contributed by atoms with E-state index < -0.39 is 36.3 Å². The van der Waals surface area contributed by atoms with Crippen LogP contribution in [0.15, 0.2) is 71.3 Å². The summed E-state index contributed by atoms with van der Waals surface area (Å²) >= 11 is 0. The van der Waals surface area contributed by atoms with Gasteiger partial charge in [-0.05, 0) is 59.7 Å². The van der Waals surface area contributed by atoms with E-state index in [1.807, 2.05) is 48.5 Å². The second-order valence-corrected chi connectivity index (χ2v) is 14.2. The number of benzene rings is 2. The van der Waals surface area contributed by atoms with Gasteiger partial charge in [-0.15, -0.1) is 0 Å². The fourth-order valence-corrected chi connectivity index (χ4v) is 7.84. The van der Waals surface area contributed by atoms with Gasteiger partial charge in [0.2, 0.25) is 5.91 Å². The molecule has 1 unspecified atom stereocenters. The number of hydrogen-bond donors (Lipinski definition) is 4. The highest BCUT2D eigenvalue weighted by molar-refractivity contribution is 5.77. The van der Waals surface area contributed by atoms with Crippen LogP contribution in [0.5, 0.6) is 5.75 Å². The third kappa shape index (κ3) is 10.6. The summed E-state index contributed by atoms with van der Waals surface area (Å²) in [6, 6.07) is 17.8. The van der Waals surface area contributed by atoms with Crippen molar-refractivity contribution < 1.29 is 38.4 Å². The lowest BCUT2D eigenvalue weighted by atomic mass is 9.77. The number of hydrogen-bond acceptors (Lipinski definition) is 9. The van der Waals surface area contributed by atoms with E-state index in [1.165, 1.54) is 12.7 Å². The topological polar surface area (TPSA) is 143 Å². The molecule has 1 aromatic heterocycles. The van der Waals surface area contributed by atoms with E-state index in [-0.39, 0.29) is 18.9 Å². The Balaban J connectivity index is 1.16. The Labute approximate surface area is 300 Å². The van der Waals surface area contributed by atoms with Gasteiger partial charge in [0.05, 0.1) is 37.7 Å².